The van der Waals surface area contributed by atoms with Crippen LogP contribution in [0.1, 0.15) is 34.6 Å². The first kappa shape index (κ1) is 22.6. The highest BCUT2D eigenvalue weighted by molar-refractivity contribution is 5.97. The Labute approximate surface area is 188 Å². The zero-order valence-electron chi connectivity index (χ0n) is 18.3. The molecule has 0 unspecified atom stereocenters. The average Bonchev–Trinajstić information content (AvgIpc) is 3.41. The van der Waals surface area contributed by atoms with Gasteiger partial charge in [-0.3, -0.25) is 4.79 Å². The van der Waals surface area contributed by atoms with Crippen molar-refractivity contribution in [1.29, 1.82) is 0 Å². The quantitative estimate of drug-likeness (QED) is 0.625. The van der Waals surface area contributed by atoms with Gasteiger partial charge in [0.05, 0.1) is 23.1 Å². The van der Waals surface area contributed by atoms with Crippen LogP contribution in [0, 0.1) is 0 Å². The molecule has 3 aromatic rings. The van der Waals surface area contributed by atoms with Gasteiger partial charge >= 0.3 is 12.2 Å². The lowest BCUT2D eigenvalue weighted by Gasteiger charge is -2.18. The third kappa shape index (κ3) is 4.79. The number of benzene rings is 2. The smallest absolute Gasteiger partial charge is 0.339 e. The fourth-order valence-electron chi connectivity index (χ4n) is 3.90. The third-order valence-electron chi connectivity index (χ3n) is 5.78. The summed E-state index contributed by atoms with van der Waals surface area (Å²) in [6.45, 7) is 1.65. The molecule has 2 heterocycles. The molecule has 0 atom stereocenters. The number of hydrogen-bond donors (Lipinski definition) is 1. The highest BCUT2D eigenvalue weighted by Gasteiger charge is 2.30. The molecule has 4 rings (SSSR count). The number of fused-ring (bicyclic) bond motifs is 1. The number of carbonyl (C=O) groups is 2. The average molecular weight is 459 g/mol. The molecule has 174 valence electrons. The van der Waals surface area contributed by atoms with Crippen molar-refractivity contribution >= 4 is 28.7 Å². The summed E-state index contributed by atoms with van der Waals surface area (Å²) in [5.74, 6) is 0.566. The van der Waals surface area contributed by atoms with Crippen molar-refractivity contribution in [3.8, 4) is 0 Å². The Morgan fingerprint density at radius 3 is 2.55 bits per heavy atom. The summed E-state index contributed by atoms with van der Waals surface area (Å²) in [5, 5.41) is 2.48. The lowest BCUT2D eigenvalue weighted by Crippen LogP contribution is -2.31. The van der Waals surface area contributed by atoms with Crippen molar-refractivity contribution in [2.75, 3.05) is 25.5 Å². The molecule has 0 saturated carbocycles. The minimum absolute atomic E-state index is 0.0146. The standard InChI is InChI=1S/C23H24F3N5O2/c1-29(22(33)27-17-7-5-6-16(13-17)23(24,25)26)14-20-28-18-12-15(8-9-19(18)30(20)2)21(32)31-10-3-4-11-31/h5-9,12-13H,3-4,10-11,14H2,1-2H3,(H,27,33). The Hall–Kier alpha value is -3.56. The van der Waals surface area contributed by atoms with Gasteiger partial charge in [0.15, 0.2) is 0 Å². The molecule has 1 N–H and O–H groups in total. The van der Waals surface area contributed by atoms with Crippen LogP contribution in [0.4, 0.5) is 23.7 Å². The number of imidazole rings is 1. The van der Waals surface area contributed by atoms with Gasteiger partial charge in [0.1, 0.15) is 5.82 Å². The topological polar surface area (TPSA) is 70.5 Å². The monoisotopic (exact) mass is 459 g/mol. The summed E-state index contributed by atoms with van der Waals surface area (Å²) < 4.78 is 40.5. The maximum absolute atomic E-state index is 12.9. The van der Waals surface area contributed by atoms with Crippen molar-refractivity contribution in [2.45, 2.75) is 25.6 Å². The largest absolute Gasteiger partial charge is 0.416 e. The first-order valence-electron chi connectivity index (χ1n) is 10.6. The van der Waals surface area contributed by atoms with Crippen LogP contribution in [0.2, 0.25) is 0 Å². The number of rotatable bonds is 4. The zero-order valence-corrected chi connectivity index (χ0v) is 18.3. The summed E-state index contributed by atoms with van der Waals surface area (Å²) in [7, 11) is 3.34. The number of hydrogen-bond acceptors (Lipinski definition) is 3. The van der Waals surface area contributed by atoms with Crippen molar-refractivity contribution < 1.29 is 22.8 Å². The molecule has 33 heavy (non-hydrogen) atoms. The molecule has 1 aromatic heterocycles. The van der Waals surface area contributed by atoms with Gasteiger partial charge in [0.2, 0.25) is 0 Å². The molecular formula is C23H24F3N5O2. The molecule has 0 radical (unpaired) electrons. The van der Waals surface area contributed by atoms with Crippen molar-refractivity contribution in [3.05, 3.63) is 59.4 Å². The van der Waals surface area contributed by atoms with E-state index in [2.05, 4.69) is 10.3 Å². The molecular weight excluding hydrogens is 435 g/mol. The Morgan fingerprint density at radius 2 is 1.85 bits per heavy atom. The van der Waals surface area contributed by atoms with Crippen LogP contribution in [0.3, 0.4) is 0 Å². The third-order valence-corrected chi connectivity index (χ3v) is 5.78. The minimum Gasteiger partial charge on any atom is -0.339 e. The van der Waals surface area contributed by atoms with E-state index in [1.807, 2.05) is 22.6 Å². The fourth-order valence-corrected chi connectivity index (χ4v) is 3.90. The summed E-state index contributed by atoms with van der Waals surface area (Å²) >= 11 is 0. The van der Waals surface area contributed by atoms with Gasteiger partial charge in [0.25, 0.3) is 5.91 Å². The number of alkyl halides is 3. The molecule has 1 aliphatic heterocycles. The summed E-state index contributed by atoms with van der Waals surface area (Å²) in [4.78, 5) is 33.0. The second kappa shape index (κ2) is 8.76. The van der Waals surface area contributed by atoms with E-state index in [-0.39, 0.29) is 18.1 Å². The second-order valence-corrected chi connectivity index (χ2v) is 8.15. The van der Waals surface area contributed by atoms with Crippen molar-refractivity contribution in [2.24, 2.45) is 7.05 Å². The summed E-state index contributed by atoms with van der Waals surface area (Å²) in [5.41, 5.74) is 1.25. The van der Waals surface area contributed by atoms with E-state index >= 15 is 0 Å². The van der Waals surface area contributed by atoms with Gasteiger partial charge in [-0.15, -0.1) is 0 Å². The molecule has 7 nitrogen and oxygen atoms in total. The maximum atomic E-state index is 12.9. The number of carbonyl (C=O) groups excluding carboxylic acids is 2. The molecule has 0 spiro atoms. The first-order chi connectivity index (χ1) is 15.6. The number of nitrogens with zero attached hydrogens (tertiary/aromatic N) is 4. The Bertz CT molecular complexity index is 1200. The SMILES string of the molecule is CN(Cc1nc2cc(C(=O)N3CCCC3)ccc2n1C)C(=O)Nc1cccc(C(F)(F)F)c1. The number of aryl methyl sites for hydroxylation is 1. The van der Waals surface area contributed by atoms with Crippen LogP contribution < -0.4 is 5.32 Å². The van der Waals surface area contributed by atoms with E-state index in [0.717, 1.165) is 43.6 Å². The number of aromatic nitrogens is 2. The fraction of sp³-hybridized carbons (Fsp3) is 0.348. The minimum atomic E-state index is -4.49. The number of nitrogens with one attached hydrogen (secondary N) is 1. The van der Waals surface area contributed by atoms with Crippen LogP contribution in [-0.4, -0.2) is 51.4 Å². The predicted molar refractivity (Wildman–Crippen MR) is 118 cm³/mol. The second-order valence-electron chi connectivity index (χ2n) is 8.15. The first-order valence-corrected chi connectivity index (χ1v) is 10.6. The number of halogens is 3. The molecule has 0 bridgehead atoms. The van der Waals surface area contributed by atoms with Gasteiger partial charge in [0, 0.05) is 38.4 Å². The van der Waals surface area contributed by atoms with E-state index in [1.165, 1.54) is 24.1 Å². The molecule has 3 amide bonds. The predicted octanol–water partition coefficient (Wildman–Crippen LogP) is 4.49. The van der Waals surface area contributed by atoms with Crippen LogP contribution in [0.5, 0.6) is 0 Å². The van der Waals surface area contributed by atoms with E-state index < -0.39 is 17.8 Å². The normalized spacial score (nSPS) is 14.0. The van der Waals surface area contributed by atoms with Gasteiger partial charge in [-0.05, 0) is 49.2 Å². The van der Waals surface area contributed by atoms with Crippen molar-refractivity contribution in [3.63, 3.8) is 0 Å². The van der Waals surface area contributed by atoms with Gasteiger partial charge in [-0.1, -0.05) is 6.07 Å². The van der Waals surface area contributed by atoms with Crippen LogP contribution >= 0.6 is 0 Å². The molecule has 1 fully saturated rings. The zero-order chi connectivity index (χ0) is 23.8. The highest BCUT2D eigenvalue weighted by atomic mass is 19.4. The van der Waals surface area contributed by atoms with Gasteiger partial charge < -0.3 is 19.7 Å². The van der Waals surface area contributed by atoms with Crippen LogP contribution in [0.25, 0.3) is 11.0 Å². The van der Waals surface area contributed by atoms with Crippen molar-refractivity contribution in [1.82, 2.24) is 19.4 Å². The molecule has 10 heteroatoms. The van der Waals surface area contributed by atoms with Gasteiger partial charge in [-0.2, -0.15) is 13.2 Å². The Balaban J connectivity index is 1.48. The lowest BCUT2D eigenvalue weighted by atomic mass is 10.2. The van der Waals surface area contributed by atoms with E-state index in [9.17, 15) is 22.8 Å². The molecule has 1 saturated heterocycles. The molecule has 0 aliphatic carbocycles. The lowest BCUT2D eigenvalue weighted by molar-refractivity contribution is -0.137. The Kier molecular flexibility index (Phi) is 6.01. The number of urea groups is 1. The summed E-state index contributed by atoms with van der Waals surface area (Å²) in [6.07, 6.45) is -2.47. The summed E-state index contributed by atoms with van der Waals surface area (Å²) in [6, 6.07) is 9.27. The van der Waals surface area contributed by atoms with Gasteiger partial charge in [-0.25, -0.2) is 9.78 Å². The van der Waals surface area contributed by atoms with E-state index in [1.54, 1.807) is 12.1 Å². The number of amides is 3. The number of anilines is 1. The Morgan fingerprint density at radius 1 is 1.12 bits per heavy atom. The maximum Gasteiger partial charge on any atom is 0.416 e. The van der Waals surface area contributed by atoms with Crippen LogP contribution in [-0.2, 0) is 19.8 Å². The molecule has 2 aromatic carbocycles. The number of likely N-dealkylation sites (tertiary alicyclic amines) is 1. The van der Waals surface area contributed by atoms with Crippen LogP contribution in [0.15, 0.2) is 42.5 Å². The molecule has 1 aliphatic rings. The van der Waals surface area contributed by atoms with E-state index in [0.29, 0.717) is 16.9 Å². The van der Waals surface area contributed by atoms with E-state index in [4.69, 9.17) is 0 Å². The highest BCUT2D eigenvalue weighted by Crippen LogP contribution is 2.30.